The van der Waals surface area contributed by atoms with Gasteiger partial charge in [0.05, 0.1) is 5.56 Å². The zero-order chi connectivity index (χ0) is 18.6. The highest BCUT2D eigenvalue weighted by Gasteiger charge is 2.42. The fourth-order valence-electron chi connectivity index (χ4n) is 1.89. The molecule has 0 aromatic heterocycles. The Labute approximate surface area is 140 Å². The smallest absolute Gasteiger partial charge is 0.491 e. The lowest BCUT2D eigenvalue weighted by molar-refractivity contribution is -0.189. The number of amidine groups is 1. The third kappa shape index (κ3) is 4.63. The summed E-state index contributed by atoms with van der Waals surface area (Å²) in [5.74, 6) is -4.66. The number of alkyl halides is 3. The normalized spacial score (nSPS) is 11.0. The van der Waals surface area contributed by atoms with Gasteiger partial charge in [-0.2, -0.15) is 13.2 Å². The molecule has 0 aliphatic heterocycles. The van der Waals surface area contributed by atoms with E-state index in [1.54, 1.807) is 30.3 Å². The number of nitrogens with two attached hydrogens (primary N) is 1. The number of rotatable bonds is 5. The molecule has 0 bridgehead atoms. The van der Waals surface area contributed by atoms with Gasteiger partial charge in [0, 0.05) is 6.07 Å². The van der Waals surface area contributed by atoms with Crippen molar-refractivity contribution in [3.8, 4) is 17.2 Å². The molecule has 0 aliphatic rings. The standard InChI is InChI=1S/C16H13F3N2O4/c17-16(18,19)15(23)25-13-11(14(20)21)6-10(22)7-12(13)24-8-9-4-2-1-3-5-9/h1-7,22H,8H2,(H3,20,21). The molecular formula is C16H13F3N2O4. The van der Waals surface area contributed by atoms with Gasteiger partial charge in [0.2, 0.25) is 0 Å². The molecule has 0 unspecified atom stereocenters. The van der Waals surface area contributed by atoms with Crippen LogP contribution in [-0.4, -0.2) is 23.1 Å². The first kappa shape index (κ1) is 18.1. The molecular weight excluding hydrogens is 341 g/mol. The van der Waals surface area contributed by atoms with E-state index in [2.05, 4.69) is 4.74 Å². The Balaban J connectivity index is 2.39. The number of phenolic OH excluding ortho intramolecular Hbond substituents is 1. The van der Waals surface area contributed by atoms with Gasteiger partial charge >= 0.3 is 12.1 Å². The lowest BCUT2D eigenvalue weighted by Gasteiger charge is -2.16. The third-order valence-electron chi connectivity index (χ3n) is 2.99. The van der Waals surface area contributed by atoms with Crippen LogP contribution in [0.15, 0.2) is 42.5 Å². The van der Waals surface area contributed by atoms with Crippen molar-refractivity contribution in [3.05, 3.63) is 53.6 Å². The highest BCUT2D eigenvalue weighted by Crippen LogP contribution is 2.37. The average Bonchev–Trinajstić information content (AvgIpc) is 2.54. The van der Waals surface area contributed by atoms with Gasteiger partial charge in [0.15, 0.2) is 11.5 Å². The average molecular weight is 354 g/mol. The Morgan fingerprint density at radius 2 is 1.84 bits per heavy atom. The molecule has 4 N–H and O–H groups in total. The summed E-state index contributed by atoms with van der Waals surface area (Å²) in [6.45, 7) is -0.0712. The number of esters is 1. The van der Waals surface area contributed by atoms with Crippen LogP contribution in [-0.2, 0) is 11.4 Å². The topological polar surface area (TPSA) is 106 Å². The van der Waals surface area contributed by atoms with E-state index in [0.717, 1.165) is 12.1 Å². The number of phenols is 1. The molecule has 2 aromatic carbocycles. The Bertz CT molecular complexity index is 792. The highest BCUT2D eigenvalue weighted by molar-refractivity contribution is 6.00. The molecule has 2 rings (SSSR count). The molecule has 0 radical (unpaired) electrons. The van der Waals surface area contributed by atoms with Crippen molar-refractivity contribution in [2.75, 3.05) is 0 Å². The van der Waals surface area contributed by atoms with Gasteiger partial charge in [0.25, 0.3) is 0 Å². The number of nitrogens with one attached hydrogen (secondary N) is 1. The van der Waals surface area contributed by atoms with E-state index in [1.807, 2.05) is 0 Å². The second-order valence-corrected chi connectivity index (χ2v) is 4.90. The first-order valence-corrected chi connectivity index (χ1v) is 6.85. The van der Waals surface area contributed by atoms with Crippen LogP contribution in [0.5, 0.6) is 17.2 Å². The minimum Gasteiger partial charge on any atom is -0.508 e. The maximum atomic E-state index is 12.5. The number of benzene rings is 2. The van der Waals surface area contributed by atoms with Crippen molar-refractivity contribution >= 4 is 11.8 Å². The molecule has 9 heteroatoms. The van der Waals surface area contributed by atoms with Crippen LogP contribution < -0.4 is 15.2 Å². The number of ether oxygens (including phenoxy) is 2. The van der Waals surface area contributed by atoms with E-state index in [4.69, 9.17) is 15.9 Å². The van der Waals surface area contributed by atoms with Crippen molar-refractivity contribution < 1.29 is 32.5 Å². The quantitative estimate of drug-likeness (QED) is 0.331. The molecule has 2 aromatic rings. The van der Waals surface area contributed by atoms with Gasteiger partial charge in [-0.1, -0.05) is 30.3 Å². The summed E-state index contributed by atoms with van der Waals surface area (Å²) in [4.78, 5) is 11.1. The van der Waals surface area contributed by atoms with Crippen molar-refractivity contribution in [1.29, 1.82) is 5.41 Å². The molecule has 0 fully saturated rings. The molecule has 132 valence electrons. The van der Waals surface area contributed by atoms with Gasteiger partial charge in [-0.3, -0.25) is 5.41 Å². The summed E-state index contributed by atoms with van der Waals surface area (Å²) in [7, 11) is 0. The monoisotopic (exact) mass is 354 g/mol. The summed E-state index contributed by atoms with van der Waals surface area (Å²) in [5.41, 5.74) is 5.57. The van der Waals surface area contributed by atoms with Crippen LogP contribution >= 0.6 is 0 Å². The Morgan fingerprint density at radius 1 is 1.20 bits per heavy atom. The van der Waals surface area contributed by atoms with Crippen molar-refractivity contribution in [2.24, 2.45) is 5.73 Å². The fraction of sp³-hybridized carbons (Fsp3) is 0.125. The maximum absolute atomic E-state index is 12.5. The molecule has 0 amide bonds. The van der Waals surface area contributed by atoms with E-state index >= 15 is 0 Å². The number of aromatic hydroxyl groups is 1. The number of nitrogen functional groups attached to an aromatic ring is 1. The number of hydrogen-bond acceptors (Lipinski definition) is 5. The second kappa shape index (κ2) is 7.12. The summed E-state index contributed by atoms with van der Waals surface area (Å²) in [5, 5.41) is 17.1. The number of carbonyl (C=O) groups excluding carboxylic acids is 1. The van der Waals surface area contributed by atoms with Crippen molar-refractivity contribution in [3.63, 3.8) is 0 Å². The SMILES string of the molecule is N=C(N)c1cc(O)cc(OCc2ccccc2)c1OC(=O)C(F)(F)F. The van der Waals surface area contributed by atoms with Gasteiger partial charge in [0.1, 0.15) is 18.2 Å². The second-order valence-electron chi connectivity index (χ2n) is 4.90. The first-order valence-electron chi connectivity index (χ1n) is 6.85. The van der Waals surface area contributed by atoms with Gasteiger partial charge in [-0.05, 0) is 11.6 Å². The third-order valence-corrected chi connectivity index (χ3v) is 2.99. The Morgan fingerprint density at radius 3 is 2.40 bits per heavy atom. The van der Waals surface area contributed by atoms with E-state index in [0.29, 0.717) is 5.56 Å². The maximum Gasteiger partial charge on any atom is 0.491 e. The van der Waals surface area contributed by atoms with Crippen LogP contribution in [0, 0.1) is 5.41 Å². The number of carbonyl (C=O) groups is 1. The lowest BCUT2D eigenvalue weighted by Crippen LogP contribution is -2.29. The molecule has 0 spiro atoms. The predicted molar refractivity (Wildman–Crippen MR) is 81.6 cm³/mol. The van der Waals surface area contributed by atoms with E-state index in [9.17, 15) is 23.1 Å². The summed E-state index contributed by atoms with van der Waals surface area (Å²) < 4.78 is 47.1. The summed E-state index contributed by atoms with van der Waals surface area (Å²) in [6, 6.07) is 10.5. The molecule has 25 heavy (non-hydrogen) atoms. The van der Waals surface area contributed by atoms with Crippen LogP contribution in [0.25, 0.3) is 0 Å². The van der Waals surface area contributed by atoms with E-state index in [-0.39, 0.29) is 12.4 Å². The summed E-state index contributed by atoms with van der Waals surface area (Å²) in [6.07, 6.45) is -5.25. The molecule has 0 saturated heterocycles. The highest BCUT2D eigenvalue weighted by atomic mass is 19.4. The van der Waals surface area contributed by atoms with Crippen LogP contribution in [0.1, 0.15) is 11.1 Å². The van der Waals surface area contributed by atoms with Gasteiger partial charge < -0.3 is 20.3 Å². The summed E-state index contributed by atoms with van der Waals surface area (Å²) >= 11 is 0. The van der Waals surface area contributed by atoms with Crippen LogP contribution in [0.4, 0.5) is 13.2 Å². The minimum absolute atomic E-state index is 0.0712. The number of hydrogen-bond donors (Lipinski definition) is 3. The molecule has 0 heterocycles. The van der Waals surface area contributed by atoms with Crippen molar-refractivity contribution in [1.82, 2.24) is 0 Å². The van der Waals surface area contributed by atoms with Gasteiger partial charge in [-0.15, -0.1) is 0 Å². The molecule has 0 aliphatic carbocycles. The number of halogens is 3. The molecule has 0 atom stereocenters. The Hall–Kier alpha value is -3.23. The van der Waals surface area contributed by atoms with Crippen LogP contribution in [0.3, 0.4) is 0 Å². The van der Waals surface area contributed by atoms with Gasteiger partial charge in [-0.25, -0.2) is 4.79 Å². The first-order chi connectivity index (χ1) is 11.7. The van der Waals surface area contributed by atoms with E-state index < -0.39 is 35.0 Å². The fourth-order valence-corrected chi connectivity index (χ4v) is 1.89. The predicted octanol–water partition coefficient (Wildman–Crippen LogP) is 2.72. The zero-order valence-electron chi connectivity index (χ0n) is 12.6. The Kier molecular flexibility index (Phi) is 5.16. The zero-order valence-corrected chi connectivity index (χ0v) is 12.6. The van der Waals surface area contributed by atoms with Crippen molar-refractivity contribution in [2.45, 2.75) is 12.8 Å². The minimum atomic E-state index is -5.25. The molecule has 0 saturated carbocycles. The molecule has 6 nitrogen and oxygen atoms in total. The van der Waals surface area contributed by atoms with E-state index in [1.165, 1.54) is 0 Å². The van der Waals surface area contributed by atoms with Crippen LogP contribution in [0.2, 0.25) is 0 Å². The lowest BCUT2D eigenvalue weighted by atomic mass is 10.1. The largest absolute Gasteiger partial charge is 0.508 e.